The molecule has 0 atom stereocenters. The van der Waals surface area contributed by atoms with Crippen LogP contribution in [-0.4, -0.2) is 9.78 Å². The average molecular weight is 244 g/mol. The van der Waals surface area contributed by atoms with Gasteiger partial charge in [0.2, 0.25) is 0 Å². The second-order valence-electron chi connectivity index (χ2n) is 4.04. The third kappa shape index (κ3) is 2.33. The topological polar surface area (TPSA) is 53.6 Å². The molecule has 2 aromatic rings. The van der Waals surface area contributed by atoms with E-state index >= 15 is 0 Å². The van der Waals surface area contributed by atoms with E-state index in [0.717, 1.165) is 11.3 Å². The number of hydrogen-bond donors (Lipinski definition) is 1. The van der Waals surface area contributed by atoms with E-state index in [9.17, 15) is 4.39 Å². The third-order valence-corrected chi connectivity index (χ3v) is 2.90. The second-order valence-corrected chi connectivity index (χ2v) is 4.04. The summed E-state index contributed by atoms with van der Waals surface area (Å²) >= 11 is 0. The van der Waals surface area contributed by atoms with Gasteiger partial charge in [-0.2, -0.15) is 10.4 Å². The Hall–Kier alpha value is -2.35. The number of nitriles is 1. The fourth-order valence-corrected chi connectivity index (χ4v) is 1.64. The van der Waals surface area contributed by atoms with Crippen molar-refractivity contribution in [3.63, 3.8) is 0 Å². The molecule has 18 heavy (non-hydrogen) atoms. The van der Waals surface area contributed by atoms with Crippen molar-refractivity contribution in [2.45, 2.75) is 13.5 Å². The van der Waals surface area contributed by atoms with E-state index in [1.165, 1.54) is 6.07 Å². The second kappa shape index (κ2) is 4.88. The molecule has 1 heterocycles. The predicted octanol–water partition coefficient (Wildman–Crippen LogP) is 2.35. The van der Waals surface area contributed by atoms with Crippen molar-refractivity contribution in [2.75, 3.05) is 5.32 Å². The molecular formula is C13H13FN4. The van der Waals surface area contributed by atoms with E-state index in [4.69, 9.17) is 5.26 Å². The summed E-state index contributed by atoms with van der Waals surface area (Å²) in [5.74, 6) is -0.421. The standard InChI is InChI=1S/C13H13FN4/c1-9-11(8-17-18(9)2)7-16-13-4-3-10(6-15)5-12(13)14/h3-5,8,16H,7H2,1-2H3. The highest BCUT2D eigenvalue weighted by Crippen LogP contribution is 2.17. The number of benzene rings is 1. The van der Waals surface area contributed by atoms with Gasteiger partial charge in [0.1, 0.15) is 5.82 Å². The van der Waals surface area contributed by atoms with Gasteiger partial charge in [0, 0.05) is 24.8 Å². The maximum Gasteiger partial charge on any atom is 0.147 e. The van der Waals surface area contributed by atoms with Crippen molar-refractivity contribution in [2.24, 2.45) is 7.05 Å². The van der Waals surface area contributed by atoms with E-state index < -0.39 is 5.82 Å². The summed E-state index contributed by atoms with van der Waals surface area (Å²) in [7, 11) is 1.86. The van der Waals surface area contributed by atoms with Gasteiger partial charge in [-0.3, -0.25) is 4.68 Å². The summed E-state index contributed by atoms with van der Waals surface area (Å²) in [4.78, 5) is 0. The summed E-state index contributed by atoms with van der Waals surface area (Å²) in [5.41, 5.74) is 2.76. The minimum absolute atomic E-state index is 0.315. The minimum atomic E-state index is -0.421. The van der Waals surface area contributed by atoms with E-state index in [0.29, 0.717) is 17.8 Å². The molecule has 0 aliphatic rings. The van der Waals surface area contributed by atoms with Gasteiger partial charge in [-0.15, -0.1) is 0 Å². The highest BCUT2D eigenvalue weighted by atomic mass is 19.1. The van der Waals surface area contributed by atoms with Gasteiger partial charge in [-0.1, -0.05) is 0 Å². The lowest BCUT2D eigenvalue weighted by Gasteiger charge is -2.07. The largest absolute Gasteiger partial charge is 0.378 e. The number of hydrogen-bond acceptors (Lipinski definition) is 3. The summed E-state index contributed by atoms with van der Waals surface area (Å²) in [5, 5.41) is 15.8. The molecule has 0 amide bonds. The van der Waals surface area contributed by atoms with Crippen molar-refractivity contribution in [3.05, 3.63) is 47.0 Å². The molecule has 0 spiro atoms. The van der Waals surface area contributed by atoms with E-state index in [1.54, 1.807) is 23.0 Å². The Labute approximate surface area is 105 Å². The molecule has 0 saturated heterocycles. The molecule has 0 saturated carbocycles. The molecule has 2 rings (SSSR count). The van der Waals surface area contributed by atoms with Crippen molar-refractivity contribution >= 4 is 5.69 Å². The minimum Gasteiger partial charge on any atom is -0.378 e. The maximum absolute atomic E-state index is 13.6. The highest BCUT2D eigenvalue weighted by molar-refractivity contribution is 5.49. The van der Waals surface area contributed by atoms with Crippen molar-refractivity contribution in [3.8, 4) is 6.07 Å². The smallest absolute Gasteiger partial charge is 0.147 e. The van der Waals surface area contributed by atoms with Crippen LogP contribution in [-0.2, 0) is 13.6 Å². The molecule has 1 N–H and O–H groups in total. The maximum atomic E-state index is 13.6. The molecule has 1 aromatic carbocycles. The molecule has 1 aromatic heterocycles. The van der Waals surface area contributed by atoms with Crippen LogP contribution in [0.15, 0.2) is 24.4 Å². The Morgan fingerprint density at radius 3 is 2.83 bits per heavy atom. The zero-order valence-electron chi connectivity index (χ0n) is 10.2. The SMILES string of the molecule is Cc1c(CNc2ccc(C#N)cc2F)cnn1C. The molecule has 0 aliphatic heterocycles. The Morgan fingerprint density at radius 2 is 2.28 bits per heavy atom. The molecule has 0 radical (unpaired) electrons. The first-order valence-electron chi connectivity index (χ1n) is 5.53. The molecule has 92 valence electrons. The van der Waals surface area contributed by atoms with Gasteiger partial charge in [0.25, 0.3) is 0 Å². The monoisotopic (exact) mass is 244 g/mol. The first-order valence-corrected chi connectivity index (χ1v) is 5.53. The van der Waals surface area contributed by atoms with E-state index in [1.807, 2.05) is 20.0 Å². The highest BCUT2D eigenvalue weighted by Gasteiger charge is 2.06. The first kappa shape index (κ1) is 12.1. The Kier molecular flexibility index (Phi) is 3.28. The number of nitrogens with zero attached hydrogens (tertiary/aromatic N) is 3. The average Bonchev–Trinajstić information content (AvgIpc) is 2.68. The predicted molar refractivity (Wildman–Crippen MR) is 66.4 cm³/mol. The Balaban J connectivity index is 2.11. The van der Waals surface area contributed by atoms with Crippen LogP contribution in [0, 0.1) is 24.1 Å². The van der Waals surface area contributed by atoms with Gasteiger partial charge < -0.3 is 5.32 Å². The third-order valence-electron chi connectivity index (χ3n) is 2.90. The number of aromatic nitrogens is 2. The van der Waals surface area contributed by atoms with Crippen LogP contribution in [0.4, 0.5) is 10.1 Å². The van der Waals surface area contributed by atoms with Crippen LogP contribution in [0.1, 0.15) is 16.8 Å². The molecule has 4 nitrogen and oxygen atoms in total. The van der Waals surface area contributed by atoms with E-state index in [-0.39, 0.29) is 0 Å². The van der Waals surface area contributed by atoms with Crippen molar-refractivity contribution in [1.29, 1.82) is 5.26 Å². The molecule has 0 unspecified atom stereocenters. The van der Waals surface area contributed by atoms with Crippen LogP contribution >= 0.6 is 0 Å². The summed E-state index contributed by atoms with van der Waals surface area (Å²) < 4.78 is 15.4. The lowest BCUT2D eigenvalue weighted by Crippen LogP contribution is -2.03. The Bertz CT molecular complexity index is 610. The lowest BCUT2D eigenvalue weighted by atomic mass is 10.2. The summed E-state index contributed by atoms with van der Waals surface area (Å²) in [6.45, 7) is 2.46. The number of halogens is 1. The zero-order valence-corrected chi connectivity index (χ0v) is 10.2. The van der Waals surface area contributed by atoms with Crippen molar-refractivity contribution in [1.82, 2.24) is 9.78 Å². The van der Waals surface area contributed by atoms with Crippen LogP contribution in [0.25, 0.3) is 0 Å². The van der Waals surface area contributed by atoms with Gasteiger partial charge >= 0.3 is 0 Å². The van der Waals surface area contributed by atoms with Crippen LogP contribution in [0.2, 0.25) is 0 Å². The fraction of sp³-hybridized carbons (Fsp3) is 0.231. The van der Waals surface area contributed by atoms with Crippen molar-refractivity contribution < 1.29 is 4.39 Å². The summed E-state index contributed by atoms with van der Waals surface area (Å²) in [6, 6.07) is 6.27. The lowest BCUT2D eigenvalue weighted by molar-refractivity contribution is 0.629. The molecular weight excluding hydrogens is 231 g/mol. The zero-order chi connectivity index (χ0) is 13.1. The first-order chi connectivity index (χ1) is 8.61. The summed E-state index contributed by atoms with van der Waals surface area (Å²) in [6.07, 6.45) is 1.75. The van der Waals surface area contributed by atoms with Crippen LogP contribution < -0.4 is 5.32 Å². The number of aryl methyl sites for hydroxylation is 1. The number of nitrogens with one attached hydrogen (secondary N) is 1. The number of anilines is 1. The molecule has 0 fully saturated rings. The molecule has 0 aliphatic carbocycles. The van der Waals surface area contributed by atoms with E-state index in [2.05, 4.69) is 10.4 Å². The van der Waals surface area contributed by atoms with Gasteiger partial charge in [0.15, 0.2) is 0 Å². The Morgan fingerprint density at radius 1 is 1.50 bits per heavy atom. The van der Waals surface area contributed by atoms with Gasteiger partial charge in [0.05, 0.1) is 23.5 Å². The fourth-order valence-electron chi connectivity index (χ4n) is 1.64. The quantitative estimate of drug-likeness (QED) is 0.901. The van der Waals surface area contributed by atoms with Gasteiger partial charge in [-0.25, -0.2) is 4.39 Å². The van der Waals surface area contributed by atoms with Crippen LogP contribution in [0.5, 0.6) is 0 Å². The normalized spacial score (nSPS) is 10.1. The van der Waals surface area contributed by atoms with Gasteiger partial charge in [-0.05, 0) is 25.1 Å². The van der Waals surface area contributed by atoms with Crippen LogP contribution in [0.3, 0.4) is 0 Å². The molecule has 5 heteroatoms. The molecule has 0 bridgehead atoms. The number of rotatable bonds is 3.